The molecule has 3 fully saturated rings. The summed E-state index contributed by atoms with van der Waals surface area (Å²) in [6.07, 6.45) is 14.9. The van der Waals surface area contributed by atoms with Gasteiger partial charge in [0.2, 0.25) is 5.91 Å². The lowest BCUT2D eigenvalue weighted by Crippen LogP contribution is -2.49. The number of fused-ring (bicyclic) bond motifs is 1. The molecular weight excluding hydrogens is 362 g/mol. The summed E-state index contributed by atoms with van der Waals surface area (Å²) in [5.41, 5.74) is -0.792. The number of hydrogen-bond acceptors (Lipinski definition) is 3. The van der Waals surface area contributed by atoms with Crippen molar-refractivity contribution in [3.05, 3.63) is 0 Å². The van der Waals surface area contributed by atoms with Crippen molar-refractivity contribution in [2.75, 3.05) is 6.54 Å². The number of amides is 1. The van der Waals surface area contributed by atoms with Crippen LogP contribution in [-0.2, 0) is 14.4 Å². The van der Waals surface area contributed by atoms with E-state index in [1.54, 1.807) is 0 Å². The zero-order chi connectivity index (χ0) is 20.9. The lowest BCUT2D eigenvalue weighted by atomic mass is 9.78. The molecule has 4 nitrogen and oxygen atoms in total. The maximum Gasteiger partial charge on any atom is 0.222 e. The first-order valence-corrected chi connectivity index (χ1v) is 12.3. The minimum absolute atomic E-state index is 0.0581. The van der Waals surface area contributed by atoms with E-state index in [-0.39, 0.29) is 17.5 Å². The monoisotopic (exact) mass is 403 g/mol. The SMILES string of the molecule is CCCCC[C@@H]1CC(=O)[C@](C)(CCCCC(=O)N2CCCC3CCCCC32)C1=O. The number of likely N-dealkylation sites (tertiary alicyclic amines) is 1. The number of unbranched alkanes of at least 4 members (excludes halogenated alkanes) is 3. The second kappa shape index (κ2) is 10.2. The third-order valence-corrected chi connectivity index (χ3v) is 8.00. The molecule has 0 radical (unpaired) electrons. The molecule has 1 saturated heterocycles. The summed E-state index contributed by atoms with van der Waals surface area (Å²) in [5, 5.41) is 0. The Hall–Kier alpha value is -1.19. The molecule has 0 N–H and O–H groups in total. The summed E-state index contributed by atoms with van der Waals surface area (Å²) in [7, 11) is 0. The molecule has 2 saturated carbocycles. The Morgan fingerprint density at radius 1 is 1.03 bits per heavy atom. The van der Waals surface area contributed by atoms with Crippen LogP contribution >= 0.6 is 0 Å². The zero-order valence-electron chi connectivity index (χ0n) is 18.7. The zero-order valence-corrected chi connectivity index (χ0v) is 18.7. The summed E-state index contributed by atoms with van der Waals surface area (Å²) < 4.78 is 0. The highest BCUT2D eigenvalue weighted by Crippen LogP contribution is 2.41. The number of piperidine rings is 1. The minimum Gasteiger partial charge on any atom is -0.339 e. The Bertz CT molecular complexity index is 599. The van der Waals surface area contributed by atoms with Crippen LogP contribution in [0.2, 0.25) is 0 Å². The van der Waals surface area contributed by atoms with Gasteiger partial charge in [-0.2, -0.15) is 0 Å². The van der Waals surface area contributed by atoms with E-state index in [0.717, 1.165) is 57.4 Å². The largest absolute Gasteiger partial charge is 0.339 e. The Labute approximate surface area is 177 Å². The first-order chi connectivity index (χ1) is 14.0. The lowest BCUT2D eigenvalue weighted by Gasteiger charge is -2.44. The molecule has 0 aromatic rings. The van der Waals surface area contributed by atoms with Gasteiger partial charge in [0.05, 0.1) is 5.41 Å². The second-order valence-electron chi connectivity index (χ2n) is 10.1. The molecule has 29 heavy (non-hydrogen) atoms. The number of nitrogens with zero attached hydrogens (tertiary/aromatic N) is 1. The fourth-order valence-electron chi connectivity index (χ4n) is 6.10. The van der Waals surface area contributed by atoms with Gasteiger partial charge < -0.3 is 4.90 Å². The summed E-state index contributed by atoms with van der Waals surface area (Å²) in [4.78, 5) is 40.5. The molecule has 0 bridgehead atoms. The van der Waals surface area contributed by atoms with Gasteiger partial charge in [0.1, 0.15) is 11.6 Å². The van der Waals surface area contributed by atoms with E-state index >= 15 is 0 Å². The second-order valence-corrected chi connectivity index (χ2v) is 10.1. The summed E-state index contributed by atoms with van der Waals surface area (Å²) in [6.45, 7) is 4.94. The standard InChI is InChI=1S/C25H41NO3/c1-3-4-5-12-20-18-22(27)25(2,24(20)29)16-9-8-15-23(28)26-17-10-13-19-11-6-7-14-21(19)26/h19-21H,3-18H2,1-2H3/t19?,20-,21?,25+/m1/s1. The quantitative estimate of drug-likeness (QED) is 0.379. The highest BCUT2D eigenvalue weighted by Gasteiger charge is 2.49. The maximum atomic E-state index is 12.9. The van der Waals surface area contributed by atoms with Crippen molar-refractivity contribution >= 4 is 17.5 Å². The molecule has 1 heterocycles. The first kappa shape index (κ1) is 22.5. The Balaban J connectivity index is 1.44. The van der Waals surface area contributed by atoms with Crippen molar-refractivity contribution in [2.45, 2.75) is 116 Å². The number of Topliss-reactive ketones (excluding diaryl/α,β-unsaturated/α-hetero) is 2. The maximum absolute atomic E-state index is 12.9. The molecule has 2 aliphatic carbocycles. The van der Waals surface area contributed by atoms with E-state index < -0.39 is 5.41 Å². The van der Waals surface area contributed by atoms with Crippen molar-refractivity contribution in [1.29, 1.82) is 0 Å². The van der Waals surface area contributed by atoms with Gasteiger partial charge in [-0.15, -0.1) is 0 Å². The third kappa shape index (κ3) is 5.11. The fraction of sp³-hybridized carbons (Fsp3) is 0.880. The van der Waals surface area contributed by atoms with Crippen molar-refractivity contribution < 1.29 is 14.4 Å². The molecule has 3 aliphatic rings. The normalized spacial score (nSPS) is 32.5. The van der Waals surface area contributed by atoms with Crippen LogP contribution in [0.4, 0.5) is 0 Å². The molecule has 1 amide bonds. The fourth-order valence-corrected chi connectivity index (χ4v) is 6.10. The van der Waals surface area contributed by atoms with Crippen LogP contribution in [0.25, 0.3) is 0 Å². The summed E-state index contributed by atoms with van der Waals surface area (Å²) in [5.74, 6) is 1.27. The Morgan fingerprint density at radius 3 is 2.59 bits per heavy atom. The van der Waals surface area contributed by atoms with Gasteiger partial charge in [-0.25, -0.2) is 0 Å². The van der Waals surface area contributed by atoms with Gasteiger partial charge in [-0.3, -0.25) is 14.4 Å². The summed E-state index contributed by atoms with van der Waals surface area (Å²) >= 11 is 0. The molecule has 3 rings (SSSR count). The average molecular weight is 404 g/mol. The van der Waals surface area contributed by atoms with Gasteiger partial charge in [0.25, 0.3) is 0 Å². The highest BCUT2D eigenvalue weighted by atomic mass is 16.2. The van der Waals surface area contributed by atoms with Gasteiger partial charge in [-0.05, 0) is 57.8 Å². The predicted octanol–water partition coefficient (Wildman–Crippen LogP) is 5.47. The van der Waals surface area contributed by atoms with Gasteiger partial charge >= 0.3 is 0 Å². The van der Waals surface area contributed by atoms with E-state index in [1.807, 2.05) is 6.92 Å². The molecule has 164 valence electrons. The van der Waals surface area contributed by atoms with Crippen LogP contribution < -0.4 is 0 Å². The van der Waals surface area contributed by atoms with Gasteiger partial charge in [0, 0.05) is 31.3 Å². The molecule has 0 aromatic heterocycles. The molecule has 1 aliphatic heterocycles. The number of hydrogen-bond donors (Lipinski definition) is 0. The molecular formula is C25H41NO3. The van der Waals surface area contributed by atoms with Crippen LogP contribution in [0.15, 0.2) is 0 Å². The van der Waals surface area contributed by atoms with E-state index in [1.165, 1.54) is 32.1 Å². The minimum atomic E-state index is -0.792. The van der Waals surface area contributed by atoms with Crippen molar-refractivity contribution in [1.82, 2.24) is 4.90 Å². The predicted molar refractivity (Wildman–Crippen MR) is 116 cm³/mol. The van der Waals surface area contributed by atoms with Crippen molar-refractivity contribution in [2.24, 2.45) is 17.3 Å². The van der Waals surface area contributed by atoms with Crippen LogP contribution in [0.1, 0.15) is 110 Å². The van der Waals surface area contributed by atoms with E-state index in [9.17, 15) is 14.4 Å². The van der Waals surface area contributed by atoms with E-state index in [0.29, 0.717) is 31.2 Å². The van der Waals surface area contributed by atoms with Gasteiger partial charge in [0.15, 0.2) is 0 Å². The topological polar surface area (TPSA) is 54.5 Å². The van der Waals surface area contributed by atoms with Crippen LogP contribution in [0, 0.1) is 17.3 Å². The molecule has 0 spiro atoms. The Morgan fingerprint density at radius 2 is 1.79 bits per heavy atom. The van der Waals surface area contributed by atoms with Crippen molar-refractivity contribution in [3.8, 4) is 0 Å². The van der Waals surface area contributed by atoms with E-state index in [2.05, 4.69) is 11.8 Å². The lowest BCUT2D eigenvalue weighted by molar-refractivity contribution is -0.137. The number of carbonyl (C=O) groups excluding carboxylic acids is 3. The van der Waals surface area contributed by atoms with Crippen molar-refractivity contribution in [3.63, 3.8) is 0 Å². The van der Waals surface area contributed by atoms with Crippen LogP contribution in [-0.4, -0.2) is 35.0 Å². The summed E-state index contributed by atoms with van der Waals surface area (Å²) in [6, 6.07) is 0.476. The third-order valence-electron chi connectivity index (χ3n) is 8.00. The molecule has 0 aromatic carbocycles. The highest BCUT2D eigenvalue weighted by molar-refractivity contribution is 6.13. The first-order valence-electron chi connectivity index (χ1n) is 12.3. The number of rotatable bonds is 9. The Kier molecular flexibility index (Phi) is 7.92. The number of carbonyl (C=O) groups is 3. The average Bonchev–Trinajstić information content (AvgIpc) is 2.94. The number of ketones is 2. The molecule has 4 heteroatoms. The van der Waals surface area contributed by atoms with Gasteiger partial charge in [-0.1, -0.05) is 45.4 Å². The van der Waals surface area contributed by atoms with E-state index in [4.69, 9.17) is 0 Å². The van der Waals surface area contributed by atoms with Crippen LogP contribution in [0.5, 0.6) is 0 Å². The van der Waals surface area contributed by atoms with Crippen LogP contribution in [0.3, 0.4) is 0 Å². The molecule has 4 atom stereocenters. The molecule has 2 unspecified atom stereocenters. The smallest absolute Gasteiger partial charge is 0.222 e.